The molecule has 0 unspecified atom stereocenters. The lowest BCUT2D eigenvalue weighted by molar-refractivity contribution is 0.570. The van der Waals surface area contributed by atoms with E-state index >= 15 is 0 Å². The van der Waals surface area contributed by atoms with Crippen LogP contribution in [0.4, 0.5) is 8.78 Å². The van der Waals surface area contributed by atoms with E-state index in [0.717, 1.165) is 0 Å². The van der Waals surface area contributed by atoms with E-state index in [-0.39, 0.29) is 11.1 Å². The maximum absolute atomic E-state index is 13.6. The van der Waals surface area contributed by atoms with Gasteiger partial charge in [-0.3, -0.25) is 0 Å². The first-order chi connectivity index (χ1) is 7.61. The number of aromatic nitrogens is 2. The molecule has 2 aromatic heterocycles. The Morgan fingerprint density at radius 1 is 0.812 bits per heavy atom. The minimum atomic E-state index is -0.671. The molecule has 0 atom stereocenters. The van der Waals surface area contributed by atoms with E-state index in [1.165, 1.54) is 12.4 Å². The lowest BCUT2D eigenvalue weighted by Gasteiger charge is -2.09. The van der Waals surface area contributed by atoms with Gasteiger partial charge in [-0.2, -0.15) is 8.78 Å². The van der Waals surface area contributed by atoms with Gasteiger partial charge in [0.15, 0.2) is 0 Å². The van der Waals surface area contributed by atoms with Gasteiger partial charge >= 0.3 is 0 Å². The number of pyridine rings is 2. The van der Waals surface area contributed by atoms with Gasteiger partial charge in [0.25, 0.3) is 0 Å². The molecule has 2 aromatic rings. The number of rotatable bonds is 1. The maximum Gasteiger partial charge on any atom is 0.221 e. The highest BCUT2D eigenvalue weighted by Gasteiger charge is 2.16. The third-order valence-electron chi connectivity index (χ3n) is 2.48. The van der Waals surface area contributed by atoms with Crippen LogP contribution in [0.5, 0.6) is 0 Å². The van der Waals surface area contributed by atoms with Gasteiger partial charge in [-0.25, -0.2) is 9.97 Å². The summed E-state index contributed by atoms with van der Waals surface area (Å²) < 4.78 is 27.2. The Bertz CT molecular complexity index is 449. The summed E-state index contributed by atoms with van der Waals surface area (Å²) in [5.74, 6) is -1.34. The van der Waals surface area contributed by atoms with Gasteiger partial charge in [-0.1, -0.05) is 0 Å². The first kappa shape index (κ1) is 10.7. The fourth-order valence-electron chi connectivity index (χ4n) is 1.65. The average Bonchev–Trinajstić information content (AvgIpc) is 2.21. The maximum atomic E-state index is 13.6. The van der Waals surface area contributed by atoms with Crippen LogP contribution in [-0.2, 0) is 0 Å². The molecule has 0 aliphatic rings. The third kappa shape index (κ3) is 1.66. The molecule has 2 rings (SSSR count). The molecule has 82 valence electrons. The molecule has 0 aliphatic carbocycles. The van der Waals surface area contributed by atoms with Gasteiger partial charge in [0.1, 0.15) is 0 Å². The zero-order valence-electron chi connectivity index (χ0n) is 8.96. The molecule has 2 heterocycles. The highest BCUT2D eigenvalue weighted by Crippen LogP contribution is 2.29. The molecule has 0 aliphatic heterocycles. The Balaban J connectivity index is 2.77. The van der Waals surface area contributed by atoms with Crippen LogP contribution in [-0.4, -0.2) is 9.97 Å². The highest BCUT2D eigenvalue weighted by molar-refractivity contribution is 5.69. The van der Waals surface area contributed by atoms with Gasteiger partial charge in [0.2, 0.25) is 11.9 Å². The second kappa shape index (κ2) is 3.96. The van der Waals surface area contributed by atoms with Crippen LogP contribution in [0, 0.1) is 25.7 Å². The van der Waals surface area contributed by atoms with Gasteiger partial charge in [-0.05, 0) is 37.1 Å². The standard InChI is InChI=1S/C12H10F2N2/c1-7-3-5-15-11(13)9(7)10-8(2)4-6-16-12(10)14/h3-6H,1-2H3. The number of halogens is 2. The Morgan fingerprint density at radius 2 is 1.19 bits per heavy atom. The van der Waals surface area contributed by atoms with E-state index in [1.54, 1.807) is 26.0 Å². The van der Waals surface area contributed by atoms with E-state index in [4.69, 9.17) is 0 Å². The van der Waals surface area contributed by atoms with Gasteiger partial charge in [0.05, 0.1) is 0 Å². The SMILES string of the molecule is Cc1ccnc(F)c1-c1c(C)ccnc1F. The normalized spacial score (nSPS) is 10.5. The molecule has 0 aromatic carbocycles. The molecule has 4 heteroatoms. The molecule has 0 saturated heterocycles. The smallest absolute Gasteiger partial charge is 0.221 e. The van der Waals surface area contributed by atoms with E-state index in [9.17, 15) is 8.78 Å². The van der Waals surface area contributed by atoms with Crippen molar-refractivity contribution in [2.45, 2.75) is 13.8 Å². The van der Waals surface area contributed by atoms with Crippen LogP contribution in [0.1, 0.15) is 11.1 Å². The van der Waals surface area contributed by atoms with Crippen molar-refractivity contribution in [3.63, 3.8) is 0 Å². The summed E-state index contributed by atoms with van der Waals surface area (Å²) in [7, 11) is 0. The Kier molecular flexibility index (Phi) is 2.64. The molecule has 0 saturated carbocycles. The van der Waals surface area contributed by atoms with Crippen molar-refractivity contribution in [3.05, 3.63) is 47.5 Å². The molecule has 2 nitrogen and oxygen atoms in total. The van der Waals surface area contributed by atoms with Crippen molar-refractivity contribution in [2.24, 2.45) is 0 Å². The molecule has 16 heavy (non-hydrogen) atoms. The van der Waals surface area contributed by atoms with Crippen molar-refractivity contribution in [3.8, 4) is 11.1 Å². The molecule has 0 bridgehead atoms. The predicted molar refractivity (Wildman–Crippen MR) is 56.9 cm³/mol. The van der Waals surface area contributed by atoms with E-state index in [0.29, 0.717) is 11.1 Å². The zero-order chi connectivity index (χ0) is 11.7. The number of nitrogens with zero attached hydrogens (tertiary/aromatic N) is 2. The van der Waals surface area contributed by atoms with Crippen LogP contribution in [0.3, 0.4) is 0 Å². The summed E-state index contributed by atoms with van der Waals surface area (Å²) in [6.45, 7) is 3.43. The van der Waals surface area contributed by atoms with E-state index in [1.807, 2.05) is 0 Å². The molecule has 0 radical (unpaired) electrons. The van der Waals surface area contributed by atoms with Crippen LogP contribution in [0.2, 0.25) is 0 Å². The molecule has 0 N–H and O–H groups in total. The highest BCUT2D eigenvalue weighted by atomic mass is 19.1. The molecule has 0 amide bonds. The van der Waals surface area contributed by atoms with E-state index < -0.39 is 11.9 Å². The lowest BCUT2D eigenvalue weighted by Crippen LogP contribution is -1.98. The minimum Gasteiger partial charge on any atom is -0.228 e. The summed E-state index contributed by atoms with van der Waals surface area (Å²) in [6, 6.07) is 3.29. The summed E-state index contributed by atoms with van der Waals surface area (Å²) >= 11 is 0. The van der Waals surface area contributed by atoms with Crippen LogP contribution >= 0.6 is 0 Å². The minimum absolute atomic E-state index is 0.186. The van der Waals surface area contributed by atoms with Crippen molar-refractivity contribution in [1.82, 2.24) is 9.97 Å². The Morgan fingerprint density at radius 3 is 1.50 bits per heavy atom. The third-order valence-corrected chi connectivity index (χ3v) is 2.48. The largest absolute Gasteiger partial charge is 0.228 e. The predicted octanol–water partition coefficient (Wildman–Crippen LogP) is 3.04. The van der Waals surface area contributed by atoms with E-state index in [2.05, 4.69) is 9.97 Å². The second-order valence-electron chi connectivity index (χ2n) is 3.59. The Labute approximate surface area is 92.0 Å². The topological polar surface area (TPSA) is 25.8 Å². The van der Waals surface area contributed by atoms with Crippen molar-refractivity contribution in [2.75, 3.05) is 0 Å². The van der Waals surface area contributed by atoms with Crippen molar-refractivity contribution in [1.29, 1.82) is 0 Å². The first-order valence-corrected chi connectivity index (χ1v) is 4.84. The summed E-state index contributed by atoms with van der Waals surface area (Å²) in [4.78, 5) is 7.07. The summed E-state index contributed by atoms with van der Waals surface area (Å²) in [6.07, 6.45) is 2.72. The van der Waals surface area contributed by atoms with Crippen LogP contribution < -0.4 is 0 Å². The molecular formula is C12H10F2N2. The Hall–Kier alpha value is -1.84. The fraction of sp³-hybridized carbons (Fsp3) is 0.167. The molecular weight excluding hydrogens is 210 g/mol. The lowest BCUT2D eigenvalue weighted by atomic mass is 10.00. The van der Waals surface area contributed by atoms with Gasteiger partial charge in [0, 0.05) is 23.5 Å². The monoisotopic (exact) mass is 220 g/mol. The quantitative estimate of drug-likeness (QED) is 0.690. The number of aryl methyl sites for hydroxylation is 2. The molecule has 0 spiro atoms. The van der Waals surface area contributed by atoms with Crippen molar-refractivity contribution < 1.29 is 8.78 Å². The summed E-state index contributed by atoms with van der Waals surface area (Å²) in [5.41, 5.74) is 1.65. The van der Waals surface area contributed by atoms with Gasteiger partial charge in [-0.15, -0.1) is 0 Å². The van der Waals surface area contributed by atoms with Crippen LogP contribution in [0.25, 0.3) is 11.1 Å². The summed E-state index contributed by atoms with van der Waals surface area (Å²) in [5, 5.41) is 0. The fourth-order valence-corrected chi connectivity index (χ4v) is 1.65. The van der Waals surface area contributed by atoms with Gasteiger partial charge < -0.3 is 0 Å². The number of hydrogen-bond acceptors (Lipinski definition) is 2. The zero-order valence-corrected chi connectivity index (χ0v) is 8.96. The molecule has 0 fully saturated rings. The number of hydrogen-bond donors (Lipinski definition) is 0. The average molecular weight is 220 g/mol. The first-order valence-electron chi connectivity index (χ1n) is 4.84. The van der Waals surface area contributed by atoms with Crippen molar-refractivity contribution >= 4 is 0 Å². The second-order valence-corrected chi connectivity index (χ2v) is 3.59. The van der Waals surface area contributed by atoms with Crippen LogP contribution in [0.15, 0.2) is 24.5 Å².